The van der Waals surface area contributed by atoms with Crippen molar-refractivity contribution in [2.45, 2.75) is 13.0 Å². The van der Waals surface area contributed by atoms with Crippen molar-refractivity contribution in [1.82, 2.24) is 20.4 Å². The average molecular weight is 549 g/mol. The Morgan fingerprint density at radius 2 is 1.74 bits per heavy atom. The number of carbonyl (C=O) groups excluding carboxylic acids is 1. The first-order valence-electron chi connectivity index (χ1n) is 10.3. The van der Waals surface area contributed by atoms with Gasteiger partial charge in [0.05, 0.1) is 26.8 Å². The van der Waals surface area contributed by atoms with Crippen LogP contribution in [0.2, 0.25) is 0 Å². The quantitative estimate of drug-likeness (QED) is 0.195. The molecule has 176 valence electrons. The molecule has 1 saturated heterocycles. The number of aliphatic imine (C=N–C) groups is 1. The highest BCUT2D eigenvalue weighted by Gasteiger charge is 2.21. The van der Waals surface area contributed by atoms with Crippen LogP contribution in [-0.2, 0) is 9.53 Å². The molecule has 1 fully saturated rings. The van der Waals surface area contributed by atoms with Crippen molar-refractivity contribution < 1.29 is 19.0 Å². The molecular formula is C21H36IN5O4. The van der Waals surface area contributed by atoms with Crippen molar-refractivity contribution in [2.24, 2.45) is 4.99 Å². The molecule has 0 radical (unpaired) electrons. The fourth-order valence-corrected chi connectivity index (χ4v) is 3.16. The number of benzene rings is 1. The van der Waals surface area contributed by atoms with Gasteiger partial charge in [-0.1, -0.05) is 0 Å². The van der Waals surface area contributed by atoms with Gasteiger partial charge in [0, 0.05) is 46.9 Å². The Labute approximate surface area is 202 Å². The Hall–Kier alpha value is -1.79. The van der Waals surface area contributed by atoms with E-state index >= 15 is 0 Å². The molecule has 1 aliphatic heterocycles. The van der Waals surface area contributed by atoms with E-state index in [1.165, 1.54) is 0 Å². The number of carbonyl (C=O) groups is 1. The van der Waals surface area contributed by atoms with E-state index in [1.807, 2.05) is 31.2 Å². The predicted octanol–water partition coefficient (Wildman–Crippen LogP) is 1.04. The SMILES string of the molecule is CN=C(NCC(C)Oc1ccc(OC)cc1)N1CCN(CC(=O)NCCOC)CC1.I. The van der Waals surface area contributed by atoms with E-state index in [0.29, 0.717) is 26.2 Å². The Balaban J connectivity index is 0.00000480. The van der Waals surface area contributed by atoms with Crippen LogP contribution in [0, 0.1) is 0 Å². The molecule has 9 nitrogen and oxygen atoms in total. The number of nitrogens with one attached hydrogen (secondary N) is 2. The van der Waals surface area contributed by atoms with Crippen molar-refractivity contribution in [3.63, 3.8) is 0 Å². The maximum Gasteiger partial charge on any atom is 0.234 e. The molecular weight excluding hydrogens is 513 g/mol. The summed E-state index contributed by atoms with van der Waals surface area (Å²) < 4.78 is 16.1. The zero-order chi connectivity index (χ0) is 21.8. The minimum atomic E-state index is -0.0211. The molecule has 31 heavy (non-hydrogen) atoms. The first kappa shape index (κ1) is 27.2. The van der Waals surface area contributed by atoms with Crippen LogP contribution in [0.15, 0.2) is 29.3 Å². The van der Waals surface area contributed by atoms with Gasteiger partial charge < -0.3 is 29.7 Å². The minimum absolute atomic E-state index is 0. The number of nitrogens with zero attached hydrogens (tertiary/aromatic N) is 3. The molecule has 1 aromatic rings. The average Bonchev–Trinajstić information content (AvgIpc) is 2.76. The van der Waals surface area contributed by atoms with Crippen LogP contribution >= 0.6 is 24.0 Å². The third-order valence-corrected chi connectivity index (χ3v) is 4.82. The topological polar surface area (TPSA) is 87.7 Å². The molecule has 0 aliphatic carbocycles. The number of hydrogen-bond acceptors (Lipinski definition) is 6. The summed E-state index contributed by atoms with van der Waals surface area (Å²) in [5, 5.41) is 6.25. The summed E-state index contributed by atoms with van der Waals surface area (Å²) in [6.45, 7) is 7.41. The summed E-state index contributed by atoms with van der Waals surface area (Å²) in [6.07, 6.45) is -0.0211. The van der Waals surface area contributed by atoms with Gasteiger partial charge in [-0.3, -0.25) is 14.7 Å². The van der Waals surface area contributed by atoms with Gasteiger partial charge in [0.15, 0.2) is 5.96 Å². The standard InChI is InChI=1S/C21H35N5O4.HI/c1-17(30-19-7-5-18(29-4)6-8-19)15-24-21(22-2)26-12-10-25(11-13-26)16-20(27)23-9-14-28-3;/h5-8,17H,9-16H2,1-4H3,(H,22,24)(H,23,27);1H. The van der Waals surface area contributed by atoms with Crippen molar-refractivity contribution in [3.05, 3.63) is 24.3 Å². The van der Waals surface area contributed by atoms with Crippen molar-refractivity contribution in [2.75, 3.05) is 73.7 Å². The number of hydrogen-bond donors (Lipinski definition) is 2. The first-order valence-corrected chi connectivity index (χ1v) is 10.3. The van der Waals surface area contributed by atoms with E-state index < -0.39 is 0 Å². The number of rotatable bonds is 10. The normalized spacial score (nSPS) is 15.6. The van der Waals surface area contributed by atoms with Gasteiger partial charge in [0.25, 0.3) is 0 Å². The number of halogens is 1. The second-order valence-corrected chi connectivity index (χ2v) is 7.14. The number of piperazine rings is 1. The molecule has 0 spiro atoms. The molecule has 1 aliphatic rings. The van der Waals surface area contributed by atoms with E-state index in [0.717, 1.165) is 43.6 Å². The lowest BCUT2D eigenvalue weighted by Gasteiger charge is -2.36. The van der Waals surface area contributed by atoms with Gasteiger partial charge in [-0.25, -0.2) is 0 Å². The second-order valence-electron chi connectivity index (χ2n) is 7.14. The summed E-state index contributed by atoms with van der Waals surface area (Å²) in [4.78, 5) is 20.7. The molecule has 1 aromatic carbocycles. The van der Waals surface area contributed by atoms with Gasteiger partial charge in [0.2, 0.25) is 5.91 Å². The molecule has 10 heteroatoms. The maximum absolute atomic E-state index is 11.9. The molecule has 1 heterocycles. The fraction of sp³-hybridized carbons (Fsp3) is 0.619. The van der Waals surface area contributed by atoms with Crippen LogP contribution in [0.5, 0.6) is 11.5 Å². The van der Waals surface area contributed by atoms with Gasteiger partial charge in [0.1, 0.15) is 17.6 Å². The smallest absolute Gasteiger partial charge is 0.234 e. The van der Waals surface area contributed by atoms with Crippen LogP contribution in [0.1, 0.15) is 6.92 Å². The van der Waals surface area contributed by atoms with Crippen molar-refractivity contribution in [3.8, 4) is 11.5 Å². The van der Waals surface area contributed by atoms with Crippen molar-refractivity contribution >= 4 is 35.8 Å². The first-order chi connectivity index (χ1) is 14.5. The summed E-state index contributed by atoms with van der Waals surface area (Å²) in [5.74, 6) is 2.49. The summed E-state index contributed by atoms with van der Waals surface area (Å²) in [5.41, 5.74) is 0. The minimum Gasteiger partial charge on any atom is -0.497 e. The van der Waals surface area contributed by atoms with Crippen LogP contribution in [-0.4, -0.2) is 101 Å². The maximum atomic E-state index is 11.9. The molecule has 1 atom stereocenters. The molecule has 1 amide bonds. The van der Waals surface area contributed by atoms with Gasteiger partial charge >= 0.3 is 0 Å². The molecule has 2 rings (SSSR count). The molecule has 0 aromatic heterocycles. The highest BCUT2D eigenvalue weighted by atomic mass is 127. The third-order valence-electron chi connectivity index (χ3n) is 4.82. The van der Waals surface area contributed by atoms with E-state index in [4.69, 9.17) is 14.2 Å². The second kappa shape index (κ2) is 15.1. The number of methoxy groups -OCH3 is 2. The molecule has 0 saturated carbocycles. The lowest BCUT2D eigenvalue weighted by molar-refractivity contribution is -0.122. The molecule has 2 N–H and O–H groups in total. The fourth-order valence-electron chi connectivity index (χ4n) is 3.16. The highest BCUT2D eigenvalue weighted by Crippen LogP contribution is 2.18. The Bertz CT molecular complexity index is 666. The van der Waals surface area contributed by atoms with Crippen LogP contribution < -0.4 is 20.1 Å². The zero-order valence-electron chi connectivity index (χ0n) is 18.9. The third kappa shape index (κ3) is 9.92. The zero-order valence-corrected chi connectivity index (χ0v) is 21.3. The predicted molar refractivity (Wildman–Crippen MR) is 133 cm³/mol. The number of ether oxygens (including phenoxy) is 3. The highest BCUT2D eigenvalue weighted by molar-refractivity contribution is 14.0. The lowest BCUT2D eigenvalue weighted by atomic mass is 10.3. The Morgan fingerprint density at radius 1 is 1.10 bits per heavy atom. The lowest BCUT2D eigenvalue weighted by Crippen LogP contribution is -2.54. The van der Waals surface area contributed by atoms with Gasteiger partial charge in [-0.05, 0) is 31.2 Å². The number of amides is 1. The van der Waals surface area contributed by atoms with E-state index in [2.05, 4.69) is 25.4 Å². The van der Waals surface area contributed by atoms with Crippen LogP contribution in [0.4, 0.5) is 0 Å². The van der Waals surface area contributed by atoms with Gasteiger partial charge in [-0.2, -0.15) is 0 Å². The molecule has 1 unspecified atom stereocenters. The summed E-state index contributed by atoms with van der Waals surface area (Å²) in [7, 11) is 5.05. The van der Waals surface area contributed by atoms with Crippen LogP contribution in [0.25, 0.3) is 0 Å². The summed E-state index contributed by atoms with van der Waals surface area (Å²) in [6, 6.07) is 7.56. The van der Waals surface area contributed by atoms with Gasteiger partial charge in [-0.15, -0.1) is 24.0 Å². The van der Waals surface area contributed by atoms with Crippen LogP contribution in [0.3, 0.4) is 0 Å². The summed E-state index contributed by atoms with van der Waals surface area (Å²) >= 11 is 0. The monoisotopic (exact) mass is 549 g/mol. The Morgan fingerprint density at radius 3 is 2.32 bits per heavy atom. The number of guanidine groups is 1. The van der Waals surface area contributed by atoms with E-state index in [1.54, 1.807) is 21.3 Å². The van der Waals surface area contributed by atoms with Crippen molar-refractivity contribution in [1.29, 1.82) is 0 Å². The largest absolute Gasteiger partial charge is 0.497 e. The van der Waals surface area contributed by atoms with E-state index in [9.17, 15) is 4.79 Å². The molecule has 0 bridgehead atoms. The van der Waals surface area contributed by atoms with E-state index in [-0.39, 0.29) is 36.0 Å². The Kier molecular flexibility index (Phi) is 13.3.